The van der Waals surface area contributed by atoms with E-state index in [-0.39, 0.29) is 42.0 Å². The number of carbonyl (C=O) groups is 3. The fraction of sp³-hybridized carbons (Fsp3) is 0.312. The molecule has 0 aromatic heterocycles. The van der Waals surface area contributed by atoms with Crippen molar-refractivity contribution in [3.05, 3.63) is 48.6 Å². The van der Waals surface area contributed by atoms with Crippen LogP contribution in [0, 0.1) is 0 Å². The van der Waals surface area contributed by atoms with E-state index in [0.717, 1.165) is 5.56 Å². The van der Waals surface area contributed by atoms with Crippen molar-refractivity contribution >= 4 is 17.8 Å². The molecule has 3 N–H and O–H groups in total. The Labute approximate surface area is 162 Å². The zero-order chi connectivity index (χ0) is 16.8. The average molecular weight is 339 g/mol. The number of benzene rings is 1. The summed E-state index contributed by atoms with van der Waals surface area (Å²) < 4.78 is 0. The van der Waals surface area contributed by atoms with Crippen LogP contribution in [0.25, 0.3) is 0 Å². The van der Waals surface area contributed by atoms with E-state index >= 15 is 0 Å². The van der Waals surface area contributed by atoms with Crippen LogP contribution in [-0.2, 0) is 20.8 Å². The topological polar surface area (TPSA) is 120 Å². The van der Waals surface area contributed by atoms with Crippen molar-refractivity contribution in [3.8, 4) is 0 Å². The number of hydrogen-bond donors (Lipinski definition) is 3. The standard InChI is InChI=1S/C16H19N3O4.Na/c1-2-8-17-14(20)11(9-10-6-4-3-5-7-10)18-15(21)12-13(19-12)16(22)23;/h2-7,11-13,19H,1,8-9H2,(H,17,20)(H,18,21)(H,22,23);/q;+1/p-1/t11-,12-,13-;/m0./s1. The van der Waals surface area contributed by atoms with E-state index in [0.29, 0.717) is 6.42 Å². The van der Waals surface area contributed by atoms with Gasteiger partial charge in [-0.1, -0.05) is 36.4 Å². The summed E-state index contributed by atoms with van der Waals surface area (Å²) in [6, 6.07) is 6.57. The van der Waals surface area contributed by atoms with Crippen molar-refractivity contribution in [2.24, 2.45) is 0 Å². The number of carboxylic acids is 1. The summed E-state index contributed by atoms with van der Waals surface area (Å²) in [6.45, 7) is 3.80. The van der Waals surface area contributed by atoms with Crippen LogP contribution in [0.4, 0.5) is 0 Å². The fourth-order valence-corrected chi connectivity index (χ4v) is 2.19. The third-order valence-corrected chi connectivity index (χ3v) is 3.46. The van der Waals surface area contributed by atoms with Gasteiger partial charge in [-0.3, -0.25) is 14.9 Å². The van der Waals surface area contributed by atoms with Crippen molar-refractivity contribution in [3.63, 3.8) is 0 Å². The number of rotatable bonds is 8. The van der Waals surface area contributed by atoms with Crippen LogP contribution in [0.1, 0.15) is 5.56 Å². The predicted molar refractivity (Wildman–Crippen MR) is 81.0 cm³/mol. The third kappa shape index (κ3) is 5.76. The summed E-state index contributed by atoms with van der Waals surface area (Å²) in [7, 11) is 0. The molecule has 0 unspecified atom stereocenters. The average Bonchev–Trinajstić information content (AvgIpc) is 3.34. The maximum Gasteiger partial charge on any atom is 1.00 e. The Balaban J connectivity index is 0.00000288. The number of amides is 2. The minimum atomic E-state index is -1.33. The first-order valence-electron chi connectivity index (χ1n) is 7.22. The Morgan fingerprint density at radius 2 is 1.92 bits per heavy atom. The summed E-state index contributed by atoms with van der Waals surface area (Å²) in [5.41, 5.74) is 0.881. The predicted octanol–water partition coefficient (Wildman–Crippen LogP) is -4.89. The van der Waals surface area contributed by atoms with Crippen molar-refractivity contribution < 1.29 is 49.0 Å². The monoisotopic (exact) mass is 339 g/mol. The van der Waals surface area contributed by atoms with Gasteiger partial charge >= 0.3 is 29.6 Å². The van der Waals surface area contributed by atoms with Gasteiger partial charge in [-0.15, -0.1) is 6.58 Å². The number of nitrogens with one attached hydrogen (secondary N) is 3. The summed E-state index contributed by atoms with van der Waals surface area (Å²) in [4.78, 5) is 34.9. The Hall–Kier alpha value is -1.67. The van der Waals surface area contributed by atoms with Crippen molar-refractivity contribution in [2.45, 2.75) is 24.5 Å². The second-order valence-electron chi connectivity index (χ2n) is 5.23. The summed E-state index contributed by atoms with van der Waals surface area (Å²) in [5.74, 6) is -2.22. The van der Waals surface area contributed by atoms with E-state index in [9.17, 15) is 19.5 Å². The first-order chi connectivity index (χ1) is 11.0. The van der Waals surface area contributed by atoms with E-state index in [1.165, 1.54) is 6.08 Å². The van der Waals surface area contributed by atoms with Crippen molar-refractivity contribution in [1.82, 2.24) is 16.0 Å². The Morgan fingerprint density at radius 1 is 1.25 bits per heavy atom. The quantitative estimate of drug-likeness (QED) is 0.249. The molecule has 0 aliphatic carbocycles. The second-order valence-corrected chi connectivity index (χ2v) is 5.23. The molecule has 24 heavy (non-hydrogen) atoms. The fourth-order valence-electron chi connectivity index (χ4n) is 2.19. The molecule has 1 aliphatic heterocycles. The van der Waals surface area contributed by atoms with Crippen LogP contribution in [-0.4, -0.2) is 42.5 Å². The molecule has 7 nitrogen and oxygen atoms in total. The molecule has 1 saturated heterocycles. The molecule has 0 saturated carbocycles. The maximum absolute atomic E-state index is 12.2. The molecular weight excluding hydrogens is 321 g/mol. The molecule has 1 heterocycles. The molecule has 0 radical (unpaired) electrons. The molecule has 1 aliphatic rings. The second kappa shape index (κ2) is 9.58. The van der Waals surface area contributed by atoms with E-state index < -0.39 is 30.0 Å². The first-order valence-corrected chi connectivity index (χ1v) is 7.22. The maximum atomic E-state index is 12.2. The zero-order valence-electron chi connectivity index (χ0n) is 13.5. The number of carbonyl (C=O) groups excluding carboxylic acids is 3. The van der Waals surface area contributed by atoms with Gasteiger partial charge in [-0.25, -0.2) is 0 Å². The van der Waals surface area contributed by atoms with Crippen LogP contribution in [0.15, 0.2) is 43.0 Å². The molecule has 0 bridgehead atoms. The molecule has 1 aromatic carbocycles. The van der Waals surface area contributed by atoms with Gasteiger partial charge in [0.05, 0.1) is 12.0 Å². The smallest absolute Gasteiger partial charge is 0.548 e. The van der Waals surface area contributed by atoms with Gasteiger partial charge in [-0.05, 0) is 5.56 Å². The largest absolute Gasteiger partial charge is 1.00 e. The van der Waals surface area contributed by atoms with Crippen molar-refractivity contribution in [2.75, 3.05) is 6.54 Å². The van der Waals surface area contributed by atoms with Crippen LogP contribution in [0.3, 0.4) is 0 Å². The molecule has 1 fully saturated rings. The molecule has 0 spiro atoms. The van der Waals surface area contributed by atoms with Gasteiger partial charge in [0.2, 0.25) is 11.8 Å². The van der Waals surface area contributed by atoms with Crippen LogP contribution in [0.2, 0.25) is 0 Å². The molecule has 1 aromatic rings. The van der Waals surface area contributed by atoms with Gasteiger partial charge in [0.15, 0.2) is 0 Å². The number of carboxylic acid groups (broad SMARTS) is 1. The minimum Gasteiger partial charge on any atom is -0.548 e. The van der Waals surface area contributed by atoms with Gasteiger partial charge in [-0.2, -0.15) is 0 Å². The minimum absolute atomic E-state index is 0. The van der Waals surface area contributed by atoms with Crippen LogP contribution in [0.5, 0.6) is 0 Å². The van der Waals surface area contributed by atoms with E-state index in [4.69, 9.17) is 0 Å². The van der Waals surface area contributed by atoms with E-state index in [1.54, 1.807) is 0 Å². The molecule has 8 heteroatoms. The van der Waals surface area contributed by atoms with Gasteiger partial charge in [0, 0.05) is 13.0 Å². The molecule has 122 valence electrons. The molecular formula is C16H18N3NaO4. The van der Waals surface area contributed by atoms with Gasteiger partial charge in [0.1, 0.15) is 12.1 Å². The third-order valence-electron chi connectivity index (χ3n) is 3.46. The molecule has 2 amide bonds. The van der Waals surface area contributed by atoms with Crippen LogP contribution >= 0.6 is 0 Å². The Bertz CT molecular complexity index is 609. The number of hydrogen-bond acceptors (Lipinski definition) is 5. The molecule has 2 rings (SSSR count). The van der Waals surface area contributed by atoms with E-state index in [2.05, 4.69) is 22.5 Å². The summed E-state index contributed by atoms with van der Waals surface area (Å²) in [6.07, 6.45) is 1.84. The van der Waals surface area contributed by atoms with Gasteiger partial charge < -0.3 is 20.5 Å². The van der Waals surface area contributed by atoms with Gasteiger partial charge in [0.25, 0.3) is 0 Å². The SMILES string of the molecule is C=CCNC(=O)[C@H](Cc1ccccc1)NC(=O)[C@H]1N[C@@H]1C(=O)[O-].[Na+]. The Kier molecular flexibility index (Phi) is 8.14. The normalized spacial score (nSPS) is 19.3. The van der Waals surface area contributed by atoms with Crippen molar-refractivity contribution in [1.29, 1.82) is 0 Å². The Morgan fingerprint density at radius 3 is 2.46 bits per heavy atom. The zero-order valence-corrected chi connectivity index (χ0v) is 15.5. The number of aliphatic carboxylic acids is 1. The first kappa shape index (κ1) is 20.4. The summed E-state index contributed by atoms with van der Waals surface area (Å²) in [5, 5.41) is 18.4. The van der Waals surface area contributed by atoms with Crippen LogP contribution < -0.4 is 50.6 Å². The van der Waals surface area contributed by atoms with E-state index in [1.807, 2.05) is 30.3 Å². The summed E-state index contributed by atoms with van der Waals surface area (Å²) >= 11 is 0. The molecule has 3 atom stereocenters.